The molecule has 2 amide bonds. The highest BCUT2D eigenvalue weighted by Crippen LogP contribution is 2.50. The van der Waals surface area contributed by atoms with Crippen molar-refractivity contribution in [3.05, 3.63) is 35.9 Å². The van der Waals surface area contributed by atoms with Crippen LogP contribution in [-0.4, -0.2) is 83.2 Å². The van der Waals surface area contributed by atoms with Crippen molar-refractivity contribution in [1.82, 2.24) is 20.0 Å². The first-order valence-electron chi connectivity index (χ1n) is 10.4. The van der Waals surface area contributed by atoms with Gasteiger partial charge in [-0.3, -0.25) is 14.5 Å². The number of fused-ring (bicyclic) bond motifs is 1. The fourth-order valence-corrected chi connectivity index (χ4v) is 7.32. The van der Waals surface area contributed by atoms with Crippen molar-refractivity contribution < 1.29 is 19.5 Å². The minimum atomic E-state index is -1.02. The van der Waals surface area contributed by atoms with Gasteiger partial charge in [0.1, 0.15) is 27.8 Å². The molecule has 2 N–H and O–H groups in total. The summed E-state index contributed by atoms with van der Waals surface area (Å²) in [6.07, 6.45) is 0. The molecule has 4 atom stereocenters. The summed E-state index contributed by atoms with van der Waals surface area (Å²) in [5.74, 6) is -1.06. The lowest BCUT2D eigenvalue weighted by Gasteiger charge is -2.45. The number of carboxylic acid groups (broad SMARTS) is 1. The highest BCUT2D eigenvalue weighted by molar-refractivity contribution is 8.22. The zero-order chi connectivity index (χ0) is 23.2. The monoisotopic (exact) mass is 494 g/mol. The first-order chi connectivity index (χ1) is 15.2. The average molecular weight is 495 g/mol. The van der Waals surface area contributed by atoms with Crippen molar-refractivity contribution >= 4 is 57.8 Å². The maximum atomic E-state index is 13.5. The minimum absolute atomic E-state index is 0.268. The van der Waals surface area contributed by atoms with Crippen molar-refractivity contribution in [2.24, 2.45) is 0 Å². The van der Waals surface area contributed by atoms with E-state index >= 15 is 0 Å². The average Bonchev–Trinajstić information content (AvgIpc) is 3.02. The van der Waals surface area contributed by atoms with Gasteiger partial charge in [0.2, 0.25) is 11.8 Å². The maximum Gasteiger partial charge on any atom is 0.327 e. The quantitative estimate of drug-likeness (QED) is 0.454. The molecule has 0 saturated carbocycles. The van der Waals surface area contributed by atoms with E-state index in [1.165, 1.54) is 28.4 Å². The first kappa shape index (κ1) is 23.3. The van der Waals surface area contributed by atoms with Gasteiger partial charge >= 0.3 is 5.97 Å². The molecule has 0 aromatic heterocycles. The van der Waals surface area contributed by atoms with Gasteiger partial charge in [-0.1, -0.05) is 54.3 Å². The summed E-state index contributed by atoms with van der Waals surface area (Å²) >= 11 is 8.36. The zero-order valence-corrected chi connectivity index (χ0v) is 20.5. The molecule has 0 radical (unpaired) electrons. The standard InChI is InChI=1S/C21H26N4O4S3/c1-4-23-10-24(11-31-20(23)30)14(12-8-6-5-7-9-12)16(26)22-13-17(27)25-15(19(28)29)21(2,3)32-18(13)25/h5-9,13-15,18H,4,10-11H2,1-3H3,(H,22,26)(H,28,29)/t13?,14?,15-,18+/m0/s1. The molecule has 3 fully saturated rings. The lowest BCUT2D eigenvalue weighted by Crippen LogP contribution is -2.71. The van der Waals surface area contributed by atoms with Crippen LogP contribution in [0.15, 0.2) is 30.3 Å². The second-order valence-corrected chi connectivity index (χ2v) is 11.9. The van der Waals surface area contributed by atoms with Crippen molar-refractivity contribution in [3.8, 4) is 0 Å². The number of thioether (sulfide) groups is 2. The van der Waals surface area contributed by atoms with Gasteiger partial charge in [-0.2, -0.15) is 0 Å². The van der Waals surface area contributed by atoms with Crippen LogP contribution in [0, 0.1) is 0 Å². The van der Waals surface area contributed by atoms with Crippen LogP contribution in [0.2, 0.25) is 0 Å². The molecule has 4 rings (SSSR count). The number of aliphatic carboxylic acids is 1. The number of rotatable bonds is 6. The lowest BCUT2D eigenvalue weighted by molar-refractivity contribution is -0.161. The number of hydrogen-bond acceptors (Lipinski definition) is 7. The van der Waals surface area contributed by atoms with Gasteiger partial charge in [0.25, 0.3) is 0 Å². The van der Waals surface area contributed by atoms with Crippen molar-refractivity contribution in [1.29, 1.82) is 0 Å². The van der Waals surface area contributed by atoms with E-state index in [9.17, 15) is 19.5 Å². The van der Waals surface area contributed by atoms with E-state index in [2.05, 4.69) is 5.32 Å². The predicted octanol–water partition coefficient (Wildman–Crippen LogP) is 1.93. The molecule has 11 heteroatoms. The normalized spacial score (nSPS) is 28.2. The Bertz CT molecular complexity index is 944. The van der Waals surface area contributed by atoms with Gasteiger partial charge in [0, 0.05) is 11.3 Å². The molecule has 0 aliphatic carbocycles. The fraction of sp³-hybridized carbons (Fsp3) is 0.524. The van der Waals surface area contributed by atoms with Gasteiger partial charge in [0.15, 0.2) is 0 Å². The molecule has 1 aromatic rings. The van der Waals surface area contributed by atoms with Gasteiger partial charge in [0.05, 0.1) is 12.5 Å². The van der Waals surface area contributed by atoms with E-state index < -0.39 is 28.8 Å². The Kier molecular flexibility index (Phi) is 6.45. The van der Waals surface area contributed by atoms with Crippen LogP contribution in [-0.2, 0) is 14.4 Å². The second-order valence-electron chi connectivity index (χ2n) is 8.52. The first-order valence-corrected chi connectivity index (χ1v) is 12.7. The number of carboxylic acids is 1. The van der Waals surface area contributed by atoms with Crippen LogP contribution in [0.3, 0.4) is 0 Å². The summed E-state index contributed by atoms with van der Waals surface area (Å²) < 4.78 is 0.177. The Morgan fingerprint density at radius 3 is 2.62 bits per heavy atom. The number of benzene rings is 1. The van der Waals surface area contributed by atoms with Gasteiger partial charge in [-0.15, -0.1) is 11.8 Å². The molecular weight excluding hydrogens is 468 g/mol. The van der Waals surface area contributed by atoms with Crippen LogP contribution in [0.25, 0.3) is 0 Å². The van der Waals surface area contributed by atoms with E-state index in [1.807, 2.05) is 60.9 Å². The predicted molar refractivity (Wildman–Crippen MR) is 129 cm³/mol. The van der Waals surface area contributed by atoms with E-state index in [-0.39, 0.29) is 17.2 Å². The summed E-state index contributed by atoms with van der Waals surface area (Å²) in [5.41, 5.74) is 0.834. The minimum Gasteiger partial charge on any atom is -0.480 e. The Morgan fingerprint density at radius 2 is 2.00 bits per heavy atom. The fourth-order valence-electron chi connectivity index (χ4n) is 4.47. The van der Waals surface area contributed by atoms with Crippen LogP contribution in [0.4, 0.5) is 0 Å². The van der Waals surface area contributed by atoms with E-state index in [1.54, 1.807) is 0 Å². The van der Waals surface area contributed by atoms with Crippen LogP contribution < -0.4 is 5.32 Å². The van der Waals surface area contributed by atoms with E-state index in [0.29, 0.717) is 12.5 Å². The number of nitrogens with zero attached hydrogens (tertiary/aromatic N) is 3. The second kappa shape index (κ2) is 8.85. The van der Waals surface area contributed by atoms with Gasteiger partial charge in [-0.25, -0.2) is 4.79 Å². The SMILES string of the molecule is CCN1CN(C(C(=O)NC2C(=O)N3[C@@H]2SC(C)(C)[C@@H]3C(=O)O)c2ccccc2)CSC1=S. The topological polar surface area (TPSA) is 93.2 Å². The number of amides is 2. The summed E-state index contributed by atoms with van der Waals surface area (Å²) in [5, 5.41) is 12.2. The third-order valence-electron chi connectivity index (χ3n) is 6.05. The summed E-state index contributed by atoms with van der Waals surface area (Å²) in [6, 6.07) is 7.26. The molecule has 0 spiro atoms. The molecule has 3 aliphatic rings. The smallest absolute Gasteiger partial charge is 0.327 e. The largest absolute Gasteiger partial charge is 0.480 e. The molecule has 172 valence electrons. The number of hydrogen-bond donors (Lipinski definition) is 2. The van der Waals surface area contributed by atoms with Crippen LogP contribution in [0.1, 0.15) is 32.4 Å². The highest BCUT2D eigenvalue weighted by atomic mass is 32.2. The van der Waals surface area contributed by atoms with Crippen molar-refractivity contribution in [2.45, 2.75) is 49.0 Å². The van der Waals surface area contributed by atoms with Crippen molar-refractivity contribution in [3.63, 3.8) is 0 Å². The third-order valence-corrected chi connectivity index (χ3v) is 9.20. The maximum absolute atomic E-state index is 13.5. The van der Waals surface area contributed by atoms with Gasteiger partial charge < -0.3 is 20.2 Å². The summed E-state index contributed by atoms with van der Waals surface area (Å²) in [4.78, 5) is 43.6. The Balaban J connectivity index is 1.55. The molecule has 0 bridgehead atoms. The number of carbonyl (C=O) groups excluding carboxylic acids is 2. The molecule has 32 heavy (non-hydrogen) atoms. The molecule has 3 saturated heterocycles. The summed E-state index contributed by atoms with van der Waals surface area (Å²) in [6.45, 7) is 6.92. The summed E-state index contributed by atoms with van der Waals surface area (Å²) in [7, 11) is 0. The number of β-lactam (4-membered cyclic amide) rings is 1. The molecular formula is C21H26N4O4S3. The van der Waals surface area contributed by atoms with Crippen LogP contribution >= 0.6 is 35.7 Å². The molecule has 8 nitrogen and oxygen atoms in total. The Morgan fingerprint density at radius 1 is 1.31 bits per heavy atom. The zero-order valence-electron chi connectivity index (χ0n) is 18.1. The Labute approximate surface area is 201 Å². The molecule has 1 aromatic carbocycles. The molecule has 3 aliphatic heterocycles. The van der Waals surface area contributed by atoms with E-state index in [0.717, 1.165) is 16.4 Å². The van der Waals surface area contributed by atoms with Crippen LogP contribution in [0.5, 0.6) is 0 Å². The third kappa shape index (κ3) is 4.00. The number of nitrogens with one attached hydrogen (secondary N) is 1. The number of carbonyl (C=O) groups is 3. The van der Waals surface area contributed by atoms with Crippen molar-refractivity contribution in [2.75, 3.05) is 19.1 Å². The Hall–Kier alpha value is -1.82. The molecule has 2 unspecified atom stereocenters. The molecule has 3 heterocycles. The number of thiocarbonyl (C=S) groups is 1. The lowest BCUT2D eigenvalue weighted by atomic mass is 9.95. The van der Waals surface area contributed by atoms with Gasteiger partial charge in [-0.05, 0) is 26.3 Å². The highest BCUT2D eigenvalue weighted by Gasteiger charge is 2.64. The van der Waals surface area contributed by atoms with E-state index in [4.69, 9.17) is 12.2 Å².